The maximum atomic E-state index is 14.1. The molecule has 1 fully saturated rings. The van der Waals surface area contributed by atoms with Crippen molar-refractivity contribution in [2.24, 2.45) is 0 Å². The Morgan fingerprint density at radius 2 is 1.88 bits per heavy atom. The molecule has 2 amide bonds. The average Bonchev–Trinajstić information content (AvgIpc) is 3.61. The highest BCUT2D eigenvalue weighted by atomic mass is 35.5. The maximum Gasteiger partial charge on any atom is 0.282 e. The lowest BCUT2D eigenvalue weighted by atomic mass is 10.1. The molecular weight excluding hydrogens is 634 g/mol. The zero-order chi connectivity index (χ0) is 30.7. The second-order valence-electron chi connectivity index (χ2n) is 10.7. The number of hydrogen-bond acceptors (Lipinski definition) is 10. The largest absolute Gasteiger partial charge is 0.383 e. The van der Waals surface area contributed by atoms with E-state index < -0.39 is 16.1 Å². The van der Waals surface area contributed by atoms with Crippen LogP contribution < -0.4 is 5.32 Å². The number of rotatable bonds is 11. The first-order chi connectivity index (χ1) is 20.6. The number of amides is 2. The van der Waals surface area contributed by atoms with Crippen LogP contribution in [0, 0.1) is 0 Å². The zero-order valence-electron chi connectivity index (χ0n) is 24.4. The van der Waals surface area contributed by atoms with Crippen molar-refractivity contribution in [3.8, 4) is 0 Å². The molecule has 2 aliphatic rings. The number of piperazine rings is 1. The van der Waals surface area contributed by atoms with E-state index in [0.717, 1.165) is 38.4 Å². The highest BCUT2D eigenvalue weighted by Crippen LogP contribution is 2.35. The van der Waals surface area contributed by atoms with E-state index in [-0.39, 0.29) is 48.1 Å². The Kier molecular flexibility index (Phi) is 10.4. The Labute approximate surface area is 264 Å². The van der Waals surface area contributed by atoms with Gasteiger partial charge < -0.3 is 24.6 Å². The van der Waals surface area contributed by atoms with Crippen LogP contribution >= 0.6 is 34.3 Å². The molecule has 15 heteroatoms. The van der Waals surface area contributed by atoms with E-state index >= 15 is 0 Å². The normalized spacial score (nSPS) is 19.5. The van der Waals surface area contributed by atoms with E-state index in [0.29, 0.717) is 42.9 Å². The fourth-order valence-corrected chi connectivity index (χ4v) is 9.78. The number of sulfonamides is 1. The number of aromatic nitrogens is 1. The number of carbonyl (C=O) groups excluding carboxylic acids is 2. The van der Waals surface area contributed by atoms with E-state index in [1.54, 1.807) is 48.3 Å². The Hall–Kier alpha value is -2.17. The quantitative estimate of drug-likeness (QED) is 0.331. The number of fused-ring (bicyclic) bond motifs is 2. The number of nitrogens with one attached hydrogen (secondary N) is 1. The van der Waals surface area contributed by atoms with Crippen molar-refractivity contribution in [2.45, 2.75) is 42.6 Å². The molecule has 0 radical (unpaired) electrons. The monoisotopic (exact) mass is 669 g/mol. The molecule has 43 heavy (non-hydrogen) atoms. The minimum absolute atomic E-state index is 0.0564. The van der Waals surface area contributed by atoms with Crippen LogP contribution in [0.1, 0.15) is 33.7 Å². The molecule has 234 valence electrons. The van der Waals surface area contributed by atoms with Crippen LogP contribution in [-0.4, -0.2) is 112 Å². The van der Waals surface area contributed by atoms with Crippen LogP contribution in [0.3, 0.4) is 0 Å². The van der Waals surface area contributed by atoms with Crippen molar-refractivity contribution in [3.05, 3.63) is 44.9 Å². The van der Waals surface area contributed by atoms with Crippen LogP contribution in [0.5, 0.6) is 0 Å². The van der Waals surface area contributed by atoms with Gasteiger partial charge in [0.1, 0.15) is 4.21 Å². The predicted octanol–water partition coefficient (Wildman–Crippen LogP) is 3.07. The third-order valence-corrected chi connectivity index (χ3v) is 12.5. The fraction of sp³-hybridized carbons (Fsp3) is 0.536. The van der Waals surface area contributed by atoms with Crippen molar-refractivity contribution in [1.82, 2.24) is 24.4 Å². The Bertz CT molecular complexity index is 1570. The van der Waals surface area contributed by atoms with Gasteiger partial charge in [0.15, 0.2) is 5.01 Å². The first-order valence-corrected chi connectivity index (χ1v) is 17.5. The van der Waals surface area contributed by atoms with Crippen molar-refractivity contribution in [3.63, 3.8) is 0 Å². The van der Waals surface area contributed by atoms with E-state index in [9.17, 15) is 18.0 Å². The highest BCUT2D eigenvalue weighted by molar-refractivity contribution is 7.91. The summed E-state index contributed by atoms with van der Waals surface area (Å²) >= 11 is 8.67. The van der Waals surface area contributed by atoms with Gasteiger partial charge in [0.05, 0.1) is 24.9 Å². The standard InChI is InChI=1S/C28H36ClN5O6S3/c1-18-12-22-24(16-30-18)42-27(31-22)28(36)33-6-7-34(21(17-33)15-25(35)32(8-10-39-2)9-11-40-3)43(37,38)26-13-19-4-5-20(29)14-23(19)41-26/h4-5,13-14,18,21,30H,6-12,15-17H2,1-3H3. The molecule has 2 aromatic heterocycles. The Morgan fingerprint density at radius 1 is 1.14 bits per heavy atom. The first kappa shape index (κ1) is 32.2. The van der Waals surface area contributed by atoms with Crippen LogP contribution in [0.4, 0.5) is 0 Å². The van der Waals surface area contributed by atoms with Crippen molar-refractivity contribution >= 4 is 66.2 Å². The first-order valence-electron chi connectivity index (χ1n) is 14.1. The lowest BCUT2D eigenvalue weighted by molar-refractivity contribution is -0.133. The summed E-state index contributed by atoms with van der Waals surface area (Å²) in [5.74, 6) is -0.477. The number of thiophene rings is 1. The van der Waals surface area contributed by atoms with Gasteiger partial charge in [0.2, 0.25) is 5.91 Å². The summed E-state index contributed by atoms with van der Waals surface area (Å²) in [5.41, 5.74) is 0.935. The zero-order valence-corrected chi connectivity index (χ0v) is 27.6. The number of ether oxygens (including phenoxy) is 2. The molecule has 11 nitrogen and oxygen atoms in total. The molecule has 1 N–H and O–H groups in total. The number of nitrogens with zero attached hydrogens (tertiary/aromatic N) is 4. The lowest BCUT2D eigenvalue weighted by Crippen LogP contribution is -2.57. The van der Waals surface area contributed by atoms with Gasteiger partial charge in [0.25, 0.3) is 15.9 Å². The minimum Gasteiger partial charge on any atom is -0.383 e. The van der Waals surface area contributed by atoms with Crippen LogP contribution in [-0.2, 0) is 37.3 Å². The van der Waals surface area contributed by atoms with Crippen LogP contribution in [0.25, 0.3) is 10.1 Å². The van der Waals surface area contributed by atoms with Gasteiger partial charge in [-0.05, 0) is 30.5 Å². The topological polar surface area (TPSA) is 121 Å². The second-order valence-corrected chi connectivity index (χ2v) is 15.4. The molecule has 2 atom stereocenters. The lowest BCUT2D eigenvalue weighted by Gasteiger charge is -2.40. The minimum atomic E-state index is -3.98. The maximum absolute atomic E-state index is 14.1. The number of carbonyl (C=O) groups is 2. The molecule has 1 aromatic carbocycles. The number of halogens is 1. The van der Waals surface area contributed by atoms with Crippen LogP contribution in [0.2, 0.25) is 5.02 Å². The highest BCUT2D eigenvalue weighted by Gasteiger charge is 2.40. The molecule has 2 aliphatic heterocycles. The molecule has 0 aliphatic carbocycles. The van der Waals surface area contributed by atoms with Crippen LogP contribution in [0.15, 0.2) is 28.5 Å². The molecule has 2 unspecified atom stereocenters. The molecular formula is C28H36ClN5O6S3. The third kappa shape index (κ3) is 7.22. The molecule has 1 saturated heterocycles. The Morgan fingerprint density at radius 3 is 2.60 bits per heavy atom. The number of benzene rings is 1. The SMILES string of the molecule is COCCN(CCOC)C(=O)CC1CN(C(=O)c2nc3c(s2)CNC(C)C3)CCN1S(=O)(=O)c1cc2ccc(Cl)cc2s1. The summed E-state index contributed by atoms with van der Waals surface area (Å²) in [6, 6.07) is 6.41. The van der Waals surface area contributed by atoms with Crippen molar-refractivity contribution in [1.29, 1.82) is 0 Å². The Balaban J connectivity index is 1.42. The summed E-state index contributed by atoms with van der Waals surface area (Å²) in [4.78, 5) is 36.2. The van der Waals surface area contributed by atoms with Gasteiger partial charge in [0, 0.05) is 87.0 Å². The predicted molar refractivity (Wildman–Crippen MR) is 167 cm³/mol. The summed E-state index contributed by atoms with van der Waals surface area (Å²) in [5, 5.41) is 5.09. The number of methoxy groups -OCH3 is 2. The van der Waals surface area contributed by atoms with Gasteiger partial charge in [-0.25, -0.2) is 13.4 Å². The van der Waals surface area contributed by atoms with Crippen molar-refractivity contribution in [2.75, 3.05) is 60.2 Å². The van der Waals surface area contributed by atoms with Gasteiger partial charge >= 0.3 is 0 Å². The molecule has 0 bridgehead atoms. The third-order valence-electron chi connectivity index (χ3n) is 7.70. The molecule has 3 aromatic rings. The van der Waals surface area contributed by atoms with Crippen molar-refractivity contribution < 1.29 is 27.5 Å². The summed E-state index contributed by atoms with van der Waals surface area (Å²) in [7, 11) is -0.866. The molecule has 0 saturated carbocycles. The fourth-order valence-electron chi connectivity index (χ4n) is 5.36. The van der Waals surface area contributed by atoms with E-state index in [2.05, 4.69) is 17.2 Å². The summed E-state index contributed by atoms with van der Waals surface area (Å²) < 4.78 is 40.8. The number of thiazole rings is 1. The molecule has 4 heterocycles. The second kappa shape index (κ2) is 13.9. The summed E-state index contributed by atoms with van der Waals surface area (Å²) in [6.45, 7) is 4.42. The smallest absolute Gasteiger partial charge is 0.282 e. The number of hydrogen-bond donors (Lipinski definition) is 1. The molecule has 5 rings (SSSR count). The summed E-state index contributed by atoms with van der Waals surface area (Å²) in [6.07, 6.45) is 0.657. The van der Waals surface area contributed by atoms with Gasteiger partial charge in [-0.1, -0.05) is 17.7 Å². The average molecular weight is 670 g/mol. The van der Waals surface area contributed by atoms with E-state index in [1.807, 2.05) is 0 Å². The van der Waals surface area contributed by atoms with E-state index in [4.69, 9.17) is 21.1 Å². The molecule has 0 spiro atoms. The van der Waals surface area contributed by atoms with E-state index in [1.165, 1.54) is 15.6 Å². The van der Waals surface area contributed by atoms with Gasteiger partial charge in [-0.15, -0.1) is 22.7 Å². The van der Waals surface area contributed by atoms with Gasteiger partial charge in [-0.2, -0.15) is 4.31 Å². The van der Waals surface area contributed by atoms with Gasteiger partial charge in [-0.3, -0.25) is 9.59 Å².